The van der Waals surface area contributed by atoms with Crippen LogP contribution in [0.1, 0.15) is 11.1 Å². The maximum Gasteiger partial charge on any atom is 0.219 e. The smallest absolute Gasteiger partial charge is 0.219 e. The van der Waals surface area contributed by atoms with Crippen LogP contribution < -0.4 is 14.8 Å². The van der Waals surface area contributed by atoms with E-state index >= 15 is 0 Å². The Hall–Kier alpha value is -3.12. The fourth-order valence-electron chi connectivity index (χ4n) is 2.40. The predicted molar refractivity (Wildman–Crippen MR) is 95.9 cm³/mol. The Bertz CT molecular complexity index is 852. The number of halogens is 1. The average molecular weight is 354 g/mol. The first kappa shape index (κ1) is 17.7. The van der Waals surface area contributed by atoms with Gasteiger partial charge >= 0.3 is 0 Å². The van der Waals surface area contributed by atoms with Crippen LogP contribution in [0.15, 0.2) is 60.8 Å². The zero-order valence-corrected chi connectivity index (χ0v) is 14.3. The van der Waals surface area contributed by atoms with Gasteiger partial charge in [0.15, 0.2) is 11.5 Å². The van der Waals surface area contributed by atoms with E-state index in [0.717, 1.165) is 11.1 Å². The van der Waals surface area contributed by atoms with Crippen molar-refractivity contribution in [1.82, 2.24) is 10.3 Å². The molecule has 0 aliphatic heterocycles. The van der Waals surface area contributed by atoms with E-state index in [-0.39, 0.29) is 11.6 Å². The summed E-state index contributed by atoms with van der Waals surface area (Å²) in [6, 6.07) is 14.7. The van der Waals surface area contributed by atoms with Gasteiger partial charge in [-0.1, -0.05) is 12.1 Å². The van der Waals surface area contributed by atoms with Gasteiger partial charge < -0.3 is 19.9 Å². The molecule has 134 valence electrons. The lowest BCUT2D eigenvalue weighted by molar-refractivity contribution is 0.373. The van der Waals surface area contributed by atoms with Crippen LogP contribution in [0, 0.1) is 5.82 Å². The van der Waals surface area contributed by atoms with Crippen molar-refractivity contribution in [2.24, 2.45) is 0 Å². The third-order valence-corrected chi connectivity index (χ3v) is 3.74. The molecule has 26 heavy (non-hydrogen) atoms. The van der Waals surface area contributed by atoms with E-state index in [2.05, 4.69) is 10.3 Å². The molecule has 0 amide bonds. The van der Waals surface area contributed by atoms with E-state index in [1.807, 2.05) is 12.1 Å². The van der Waals surface area contributed by atoms with Gasteiger partial charge in [0.05, 0.1) is 7.11 Å². The number of aromatic hydroxyl groups is 1. The predicted octanol–water partition coefficient (Wildman–Crippen LogP) is 4.02. The summed E-state index contributed by atoms with van der Waals surface area (Å²) in [4.78, 5) is 4.25. The van der Waals surface area contributed by atoms with Gasteiger partial charge in [0, 0.05) is 25.4 Å². The first-order chi connectivity index (χ1) is 12.6. The number of rotatable bonds is 7. The average Bonchev–Trinajstić information content (AvgIpc) is 2.65. The second-order valence-corrected chi connectivity index (χ2v) is 5.67. The molecule has 5 nitrogen and oxygen atoms in total. The molecule has 0 aliphatic carbocycles. The summed E-state index contributed by atoms with van der Waals surface area (Å²) in [7, 11) is 1.52. The minimum absolute atomic E-state index is 0.121. The summed E-state index contributed by atoms with van der Waals surface area (Å²) < 4.78 is 23.5. The molecule has 0 saturated heterocycles. The Kier molecular flexibility index (Phi) is 5.66. The topological polar surface area (TPSA) is 63.6 Å². The van der Waals surface area contributed by atoms with Crippen LogP contribution in [0.25, 0.3) is 0 Å². The number of nitrogens with zero attached hydrogens (tertiary/aromatic N) is 1. The molecule has 0 bridgehead atoms. The van der Waals surface area contributed by atoms with Crippen molar-refractivity contribution in [3.8, 4) is 23.1 Å². The van der Waals surface area contributed by atoms with Gasteiger partial charge in [-0.05, 0) is 47.5 Å². The Morgan fingerprint density at radius 3 is 2.38 bits per heavy atom. The number of benzene rings is 2. The normalized spacial score (nSPS) is 10.5. The molecule has 0 saturated carbocycles. The van der Waals surface area contributed by atoms with E-state index in [4.69, 9.17) is 9.47 Å². The monoisotopic (exact) mass is 354 g/mol. The van der Waals surface area contributed by atoms with E-state index in [1.165, 1.54) is 19.2 Å². The van der Waals surface area contributed by atoms with Crippen LogP contribution in [-0.2, 0) is 13.1 Å². The molecule has 2 N–H and O–H groups in total. The molecular formula is C20H19FN2O3. The molecule has 6 heteroatoms. The zero-order chi connectivity index (χ0) is 18.4. The van der Waals surface area contributed by atoms with Crippen molar-refractivity contribution in [1.29, 1.82) is 0 Å². The Balaban J connectivity index is 1.51. The molecule has 0 spiro atoms. The van der Waals surface area contributed by atoms with Crippen LogP contribution in [-0.4, -0.2) is 17.2 Å². The fourth-order valence-corrected chi connectivity index (χ4v) is 2.40. The molecule has 0 atom stereocenters. The van der Waals surface area contributed by atoms with Gasteiger partial charge in [0.1, 0.15) is 11.6 Å². The number of ether oxygens (including phenoxy) is 2. The van der Waals surface area contributed by atoms with Crippen LogP contribution in [0.2, 0.25) is 0 Å². The van der Waals surface area contributed by atoms with Crippen molar-refractivity contribution in [2.75, 3.05) is 7.11 Å². The molecule has 1 aromatic heterocycles. The van der Waals surface area contributed by atoms with E-state index in [0.29, 0.717) is 30.5 Å². The summed E-state index contributed by atoms with van der Waals surface area (Å²) in [5.74, 6) is 1.24. The van der Waals surface area contributed by atoms with E-state index < -0.39 is 0 Å². The molecule has 0 aliphatic rings. The lowest BCUT2D eigenvalue weighted by Gasteiger charge is -2.09. The van der Waals surface area contributed by atoms with Gasteiger partial charge in [0.25, 0.3) is 0 Å². The first-order valence-corrected chi connectivity index (χ1v) is 8.09. The van der Waals surface area contributed by atoms with Crippen molar-refractivity contribution >= 4 is 0 Å². The Morgan fingerprint density at radius 2 is 1.73 bits per heavy atom. The zero-order valence-electron chi connectivity index (χ0n) is 14.3. The standard InChI is InChI=1S/C20H19FN2O3/c1-25-19-8-2-14(10-18(19)24)11-22-12-15-3-9-20(23-13-15)26-17-6-4-16(21)5-7-17/h2-10,13,22,24H,11-12H2,1H3. The molecule has 2 aromatic carbocycles. The quantitative estimate of drug-likeness (QED) is 0.671. The van der Waals surface area contributed by atoms with E-state index in [1.54, 1.807) is 36.5 Å². The van der Waals surface area contributed by atoms with Gasteiger partial charge in [-0.3, -0.25) is 0 Å². The number of pyridine rings is 1. The first-order valence-electron chi connectivity index (χ1n) is 8.09. The minimum Gasteiger partial charge on any atom is -0.504 e. The highest BCUT2D eigenvalue weighted by Gasteiger charge is 2.03. The Morgan fingerprint density at radius 1 is 1.00 bits per heavy atom. The van der Waals surface area contributed by atoms with Crippen LogP contribution >= 0.6 is 0 Å². The summed E-state index contributed by atoms with van der Waals surface area (Å²) in [5, 5.41) is 13.1. The summed E-state index contributed by atoms with van der Waals surface area (Å²) in [6.07, 6.45) is 1.72. The number of hydrogen-bond donors (Lipinski definition) is 2. The molecule has 1 heterocycles. The number of nitrogens with one attached hydrogen (secondary N) is 1. The molecule has 3 rings (SSSR count). The van der Waals surface area contributed by atoms with Crippen molar-refractivity contribution in [2.45, 2.75) is 13.1 Å². The third-order valence-electron chi connectivity index (χ3n) is 3.74. The van der Waals surface area contributed by atoms with E-state index in [9.17, 15) is 9.50 Å². The van der Waals surface area contributed by atoms with Gasteiger partial charge in [0.2, 0.25) is 5.88 Å². The number of aromatic nitrogens is 1. The largest absolute Gasteiger partial charge is 0.504 e. The van der Waals surface area contributed by atoms with Gasteiger partial charge in [-0.15, -0.1) is 0 Å². The minimum atomic E-state index is -0.308. The second kappa shape index (κ2) is 8.31. The lowest BCUT2D eigenvalue weighted by Crippen LogP contribution is -2.12. The maximum atomic E-state index is 12.9. The number of methoxy groups -OCH3 is 1. The lowest BCUT2D eigenvalue weighted by atomic mass is 10.2. The number of phenolic OH excluding ortho intramolecular Hbond substituents is 1. The molecule has 0 radical (unpaired) electrons. The Labute approximate surface area is 151 Å². The highest BCUT2D eigenvalue weighted by molar-refractivity contribution is 5.41. The van der Waals surface area contributed by atoms with Crippen molar-refractivity contribution < 1.29 is 19.0 Å². The van der Waals surface area contributed by atoms with Crippen LogP contribution in [0.5, 0.6) is 23.1 Å². The fraction of sp³-hybridized carbons (Fsp3) is 0.150. The SMILES string of the molecule is COc1ccc(CNCc2ccc(Oc3ccc(F)cc3)nc2)cc1O. The molecular weight excluding hydrogens is 335 g/mol. The molecule has 0 unspecified atom stereocenters. The van der Waals surface area contributed by atoms with Gasteiger partial charge in [-0.25, -0.2) is 9.37 Å². The highest BCUT2D eigenvalue weighted by atomic mass is 19.1. The number of hydrogen-bond acceptors (Lipinski definition) is 5. The van der Waals surface area contributed by atoms with Crippen molar-refractivity contribution in [3.63, 3.8) is 0 Å². The third kappa shape index (κ3) is 4.70. The van der Waals surface area contributed by atoms with Crippen LogP contribution in [0.3, 0.4) is 0 Å². The highest BCUT2D eigenvalue weighted by Crippen LogP contribution is 2.26. The second-order valence-electron chi connectivity index (χ2n) is 5.67. The van der Waals surface area contributed by atoms with Crippen molar-refractivity contribution in [3.05, 3.63) is 77.7 Å². The molecule has 3 aromatic rings. The summed E-state index contributed by atoms with van der Waals surface area (Å²) in [6.45, 7) is 1.22. The van der Waals surface area contributed by atoms with Crippen LogP contribution in [0.4, 0.5) is 4.39 Å². The maximum absolute atomic E-state index is 12.9. The van der Waals surface area contributed by atoms with Gasteiger partial charge in [-0.2, -0.15) is 0 Å². The summed E-state index contributed by atoms with van der Waals surface area (Å²) >= 11 is 0. The molecule has 0 fully saturated rings. The summed E-state index contributed by atoms with van der Waals surface area (Å²) in [5.41, 5.74) is 1.95. The number of phenols is 1.